The first-order valence-corrected chi connectivity index (χ1v) is 29.1. The summed E-state index contributed by atoms with van der Waals surface area (Å²) in [6, 6.07) is 20.1. The van der Waals surface area contributed by atoms with Gasteiger partial charge >= 0.3 is 0 Å². The average molecular weight is 1100 g/mol. The fourth-order valence-electron chi connectivity index (χ4n) is 13.3. The van der Waals surface area contributed by atoms with Crippen LogP contribution in [0.2, 0.25) is 0 Å². The number of anilines is 5. The zero-order valence-electron chi connectivity index (χ0n) is 44.3. The number of piperazine rings is 1. The second kappa shape index (κ2) is 20.8. The minimum Gasteiger partial charge on any atom is -0.491 e. The summed E-state index contributed by atoms with van der Waals surface area (Å²) >= 11 is 0. The van der Waals surface area contributed by atoms with Gasteiger partial charge in [0.15, 0.2) is 11.4 Å². The van der Waals surface area contributed by atoms with Crippen LogP contribution in [0.1, 0.15) is 80.8 Å². The number of para-hydroxylation sites is 1. The number of hydrogen-bond donors (Lipinski definition) is 3. The van der Waals surface area contributed by atoms with Crippen LogP contribution >= 0.6 is 0 Å². The topological polar surface area (TPSA) is 232 Å². The van der Waals surface area contributed by atoms with Gasteiger partial charge in [-0.2, -0.15) is 4.98 Å². The molecule has 22 heteroatoms. The molecule has 4 saturated heterocycles. The van der Waals surface area contributed by atoms with Crippen molar-refractivity contribution < 1.29 is 41.8 Å². The number of sulfonamides is 1. The Morgan fingerprint density at radius 2 is 1.75 bits per heavy atom. The molecule has 3 aromatic heterocycles. The van der Waals surface area contributed by atoms with Crippen LogP contribution in [-0.4, -0.2) is 140 Å². The highest BCUT2D eigenvalue weighted by Crippen LogP contribution is 2.54. The van der Waals surface area contributed by atoms with Crippen molar-refractivity contribution in [3.63, 3.8) is 0 Å². The summed E-state index contributed by atoms with van der Waals surface area (Å²) in [6.07, 6.45) is 12.9. The Labute approximate surface area is 458 Å². The van der Waals surface area contributed by atoms with Gasteiger partial charge in [-0.25, -0.2) is 18.1 Å². The number of ether oxygens (including phenoxy) is 5. The van der Waals surface area contributed by atoms with Crippen molar-refractivity contribution in [3.05, 3.63) is 113 Å². The Morgan fingerprint density at radius 1 is 0.924 bits per heavy atom. The number of pyridine rings is 1. The number of carbonyl (C=O) groups excluding carboxylic acids is 1. The predicted octanol–water partition coefficient (Wildman–Crippen LogP) is 7.77. The number of carbonyl (C=O) groups is 1. The third kappa shape index (κ3) is 9.79. The molecular formula is C57H65N11O10S. The van der Waals surface area contributed by atoms with Crippen LogP contribution in [0.4, 0.5) is 34.3 Å². The fraction of sp³-hybridized carbons (Fsp3) is 0.474. The lowest BCUT2D eigenvalue weighted by Gasteiger charge is -2.58. The van der Waals surface area contributed by atoms with Crippen LogP contribution in [-0.2, 0) is 19.5 Å². The summed E-state index contributed by atoms with van der Waals surface area (Å²) in [7, 11) is -4.71. The molecule has 1 spiro atoms. The maximum atomic E-state index is 14.9. The highest BCUT2D eigenvalue weighted by Gasteiger charge is 2.51. The number of rotatable bonds is 12. The molecule has 9 heterocycles. The Kier molecular flexibility index (Phi) is 13.4. The molecule has 3 N–H and O–H groups in total. The van der Waals surface area contributed by atoms with E-state index >= 15 is 0 Å². The molecule has 1 saturated carbocycles. The van der Waals surface area contributed by atoms with Gasteiger partial charge in [-0.3, -0.25) is 24.8 Å². The molecule has 7 aliphatic rings. The van der Waals surface area contributed by atoms with Crippen molar-refractivity contribution in [3.8, 4) is 17.4 Å². The number of nitro benzene ring substituents is 1. The van der Waals surface area contributed by atoms with Gasteiger partial charge in [-0.05, 0) is 107 Å². The molecule has 13 rings (SSSR count). The van der Waals surface area contributed by atoms with E-state index in [1.807, 2.05) is 36.5 Å². The summed E-state index contributed by atoms with van der Waals surface area (Å²) in [5, 5.41) is 16.7. The van der Waals surface area contributed by atoms with Crippen LogP contribution in [0.15, 0.2) is 96.4 Å². The first-order valence-electron chi connectivity index (χ1n) is 27.7. The third-order valence-corrected chi connectivity index (χ3v) is 18.7. The van der Waals surface area contributed by atoms with Crippen LogP contribution in [0, 0.1) is 21.4 Å². The average Bonchev–Trinajstić information content (AvgIpc) is 4.13. The number of H-pyrrole nitrogens is 1. The van der Waals surface area contributed by atoms with Crippen LogP contribution in [0.5, 0.6) is 17.4 Å². The van der Waals surface area contributed by atoms with Crippen LogP contribution in [0.3, 0.4) is 0 Å². The standard InChI is InChI=1S/C57H65N11O10S/c1-35(2)77-49-6-4-3-5-41(49)48-32-65(52-31-58-16-17-59-52)20-21-66(48)39-29-57(30-39)13-18-64(19-14-57)38-7-8-42(45(26-38)67-44-12-24-75-34-51(44)78-56-47(67)25-37-9-15-60-54(37)62-56)55(69)63-79(72,73)40-27-46(68(70)71)53-50(28-40)76-33-43(61-53)36-10-22-74-23-11-36/h3-9,15-17,25-28,31,35-36,39,43-44,48,51,61H,10-14,18-24,29-30,32-34H2,1-2H3,(H,60,62)(H,63,69)/t43-,44-,48-,51-/m0/s1. The lowest BCUT2D eigenvalue weighted by Crippen LogP contribution is -2.60. The van der Waals surface area contributed by atoms with E-state index in [0.717, 1.165) is 100.0 Å². The number of aromatic amines is 1. The number of hydrogen-bond acceptors (Lipinski definition) is 18. The van der Waals surface area contributed by atoms with Crippen LogP contribution in [0.25, 0.3) is 11.0 Å². The summed E-state index contributed by atoms with van der Waals surface area (Å²) in [5.41, 5.74) is 3.72. The Hall–Kier alpha value is -7.27. The number of nitro groups is 1. The Bertz CT molecular complexity index is 3380. The molecule has 21 nitrogen and oxygen atoms in total. The second-order valence-corrected chi connectivity index (χ2v) is 24.1. The van der Waals surface area contributed by atoms with E-state index in [1.54, 1.807) is 24.7 Å². The van der Waals surface area contributed by atoms with E-state index in [4.69, 9.17) is 28.7 Å². The van der Waals surface area contributed by atoms with E-state index < -0.39 is 37.5 Å². The van der Waals surface area contributed by atoms with E-state index in [-0.39, 0.29) is 65.8 Å². The number of benzene rings is 3. The van der Waals surface area contributed by atoms with Crippen LogP contribution < -0.4 is 38.9 Å². The maximum absolute atomic E-state index is 14.9. The quantitative estimate of drug-likeness (QED) is 0.0785. The van der Waals surface area contributed by atoms with Gasteiger partial charge in [-0.15, -0.1) is 0 Å². The SMILES string of the molecule is CC(C)Oc1ccccc1[C@@H]1CN(c2cnccn2)CCN1C1CC2(CCN(c3ccc(C(=O)NS(=O)(=O)c4cc5c(c([N+](=O)[O-])c4)N[C@H](C4CCOCC4)CO5)c(N4c5cc6cc[nH]c6nc5O[C@H]5COCC[C@@H]54)c3)CC2)C1. The lowest BCUT2D eigenvalue weighted by atomic mass is 9.59. The van der Waals surface area contributed by atoms with E-state index in [0.29, 0.717) is 55.2 Å². The summed E-state index contributed by atoms with van der Waals surface area (Å²) in [4.78, 5) is 52.9. The van der Waals surface area contributed by atoms with Gasteiger partial charge in [-0.1, -0.05) is 18.2 Å². The molecule has 79 heavy (non-hydrogen) atoms. The summed E-state index contributed by atoms with van der Waals surface area (Å²) in [5.74, 6) is 1.42. The molecule has 5 fully saturated rings. The molecular weight excluding hydrogens is 1030 g/mol. The van der Waals surface area contributed by atoms with E-state index in [1.165, 1.54) is 11.6 Å². The third-order valence-electron chi connectivity index (χ3n) is 17.4. The summed E-state index contributed by atoms with van der Waals surface area (Å²) < 4.78 is 61.6. The van der Waals surface area contributed by atoms with Crippen molar-refractivity contribution in [1.82, 2.24) is 29.6 Å². The molecule has 1 aliphatic carbocycles. The Balaban J connectivity index is 0.784. The van der Waals surface area contributed by atoms with Crippen molar-refractivity contribution in [1.29, 1.82) is 0 Å². The summed E-state index contributed by atoms with van der Waals surface area (Å²) in [6.45, 7) is 10.3. The predicted molar refractivity (Wildman–Crippen MR) is 295 cm³/mol. The molecule has 0 radical (unpaired) electrons. The molecule has 3 aromatic carbocycles. The molecule has 4 atom stereocenters. The first kappa shape index (κ1) is 51.2. The van der Waals surface area contributed by atoms with Crippen molar-refractivity contribution in [2.45, 2.75) is 100 Å². The number of piperidine rings is 1. The molecule has 1 amide bonds. The normalized spacial score (nSPS) is 23.4. The number of amides is 1. The van der Waals surface area contributed by atoms with E-state index in [9.17, 15) is 23.3 Å². The zero-order valence-corrected chi connectivity index (χ0v) is 45.1. The molecule has 6 aromatic rings. The highest BCUT2D eigenvalue weighted by molar-refractivity contribution is 7.90. The Morgan fingerprint density at radius 3 is 2.54 bits per heavy atom. The van der Waals surface area contributed by atoms with Gasteiger partial charge < -0.3 is 48.7 Å². The van der Waals surface area contributed by atoms with Gasteiger partial charge in [0.25, 0.3) is 21.6 Å². The van der Waals surface area contributed by atoms with Crippen molar-refractivity contribution in [2.24, 2.45) is 11.3 Å². The number of nitrogens with one attached hydrogen (secondary N) is 3. The van der Waals surface area contributed by atoms with Gasteiger partial charge in [0.2, 0.25) is 5.88 Å². The zero-order chi connectivity index (χ0) is 54.0. The number of aromatic nitrogens is 4. The van der Waals surface area contributed by atoms with E-state index in [2.05, 4.69) is 76.6 Å². The smallest absolute Gasteiger partial charge is 0.297 e. The number of fused-ring (bicyclic) bond motifs is 4. The fourth-order valence-corrected chi connectivity index (χ4v) is 14.3. The largest absolute Gasteiger partial charge is 0.491 e. The van der Waals surface area contributed by atoms with Gasteiger partial charge in [0.1, 0.15) is 35.6 Å². The highest BCUT2D eigenvalue weighted by atomic mass is 32.2. The lowest BCUT2D eigenvalue weighted by molar-refractivity contribution is -0.384. The van der Waals surface area contributed by atoms with Crippen molar-refractivity contribution in [2.75, 3.05) is 85.8 Å². The number of nitrogens with zero attached hydrogens (tertiary/aromatic N) is 8. The minimum atomic E-state index is -4.71. The van der Waals surface area contributed by atoms with Gasteiger partial charge in [0, 0.05) is 106 Å². The monoisotopic (exact) mass is 1100 g/mol. The molecule has 0 unspecified atom stereocenters. The first-order chi connectivity index (χ1) is 38.4. The molecule has 6 aliphatic heterocycles. The molecule has 414 valence electrons. The molecule has 0 bridgehead atoms. The maximum Gasteiger partial charge on any atom is 0.297 e. The van der Waals surface area contributed by atoms with Crippen molar-refractivity contribution >= 4 is 61.2 Å². The minimum absolute atomic E-state index is 0.0229. The second-order valence-electron chi connectivity index (χ2n) is 22.4. The van der Waals surface area contributed by atoms with Gasteiger partial charge in [0.05, 0.1) is 58.1 Å².